The summed E-state index contributed by atoms with van der Waals surface area (Å²) in [4.78, 5) is 27.5. The van der Waals surface area contributed by atoms with Crippen molar-refractivity contribution in [2.45, 2.75) is 0 Å². The molecule has 0 atom stereocenters. The summed E-state index contributed by atoms with van der Waals surface area (Å²) in [6, 6.07) is 30.9. The Hall–Kier alpha value is -4.96. The summed E-state index contributed by atoms with van der Waals surface area (Å²) in [6.45, 7) is 7.88. The van der Waals surface area contributed by atoms with Gasteiger partial charge in [-0.05, 0) is 54.6 Å². The molecule has 0 radical (unpaired) electrons. The zero-order valence-electron chi connectivity index (χ0n) is 19.5. The first-order chi connectivity index (χ1) is 17.6. The minimum atomic E-state index is -0.149. The molecular weight excluding hydrogens is 444 g/mol. The second kappa shape index (κ2) is 8.36. The standard InChI is InChI=1S/C32H22N2O2/c1-3-23-27(4-2)33(21-13-7-5-8-14-21)29-20-26-30(19-25(29)31(23)35)34(22-15-9-6-10-16-22)28-18-12-11-17-24(28)32(26)36/h3-20H,1-2H2. The van der Waals surface area contributed by atoms with Crippen LogP contribution in [0.1, 0.15) is 11.3 Å². The molecule has 0 saturated heterocycles. The van der Waals surface area contributed by atoms with Gasteiger partial charge in [-0.15, -0.1) is 0 Å². The van der Waals surface area contributed by atoms with E-state index in [0.29, 0.717) is 38.4 Å². The molecule has 0 N–H and O–H groups in total. The fourth-order valence-corrected chi connectivity index (χ4v) is 5.07. The smallest absolute Gasteiger partial charge is 0.197 e. The summed E-state index contributed by atoms with van der Waals surface area (Å²) >= 11 is 0. The number of hydrogen-bond acceptors (Lipinski definition) is 2. The van der Waals surface area contributed by atoms with E-state index in [-0.39, 0.29) is 10.9 Å². The van der Waals surface area contributed by atoms with E-state index in [1.165, 1.54) is 0 Å². The lowest BCUT2D eigenvalue weighted by atomic mass is 10.0. The maximum Gasteiger partial charge on any atom is 0.197 e. The van der Waals surface area contributed by atoms with Crippen LogP contribution < -0.4 is 10.9 Å². The van der Waals surface area contributed by atoms with E-state index in [9.17, 15) is 9.59 Å². The van der Waals surface area contributed by atoms with Gasteiger partial charge in [0.25, 0.3) is 0 Å². The molecule has 2 aromatic heterocycles. The average molecular weight is 467 g/mol. The van der Waals surface area contributed by atoms with Crippen molar-refractivity contribution in [1.82, 2.24) is 9.13 Å². The number of rotatable bonds is 4. The summed E-state index contributed by atoms with van der Waals surface area (Å²) in [7, 11) is 0. The highest BCUT2D eigenvalue weighted by atomic mass is 16.1. The second-order valence-corrected chi connectivity index (χ2v) is 8.61. The van der Waals surface area contributed by atoms with Crippen LogP contribution in [0.15, 0.2) is 120 Å². The Morgan fingerprint density at radius 3 is 1.67 bits per heavy atom. The van der Waals surface area contributed by atoms with Crippen molar-refractivity contribution in [1.29, 1.82) is 0 Å². The summed E-state index contributed by atoms with van der Waals surface area (Å²) in [5.74, 6) is 0. The molecule has 0 saturated carbocycles. The molecule has 4 aromatic carbocycles. The molecular formula is C32H22N2O2. The van der Waals surface area contributed by atoms with Crippen LogP contribution in [-0.4, -0.2) is 9.13 Å². The number of pyridine rings is 2. The fourth-order valence-electron chi connectivity index (χ4n) is 5.07. The predicted molar refractivity (Wildman–Crippen MR) is 150 cm³/mol. The van der Waals surface area contributed by atoms with Crippen molar-refractivity contribution < 1.29 is 0 Å². The van der Waals surface area contributed by atoms with Gasteiger partial charge in [-0.2, -0.15) is 0 Å². The Morgan fingerprint density at radius 2 is 1.06 bits per heavy atom. The Balaban J connectivity index is 1.91. The van der Waals surface area contributed by atoms with E-state index in [1.54, 1.807) is 12.2 Å². The molecule has 0 unspecified atom stereocenters. The first-order valence-electron chi connectivity index (χ1n) is 11.7. The van der Waals surface area contributed by atoms with Crippen molar-refractivity contribution in [2.24, 2.45) is 0 Å². The molecule has 0 spiro atoms. The van der Waals surface area contributed by atoms with Crippen molar-refractivity contribution in [3.05, 3.63) is 142 Å². The lowest BCUT2D eigenvalue weighted by Crippen LogP contribution is -2.17. The van der Waals surface area contributed by atoms with Gasteiger partial charge < -0.3 is 9.13 Å². The second-order valence-electron chi connectivity index (χ2n) is 8.61. The van der Waals surface area contributed by atoms with Gasteiger partial charge in [-0.25, -0.2) is 0 Å². The van der Waals surface area contributed by atoms with Gasteiger partial charge >= 0.3 is 0 Å². The molecule has 0 aliphatic heterocycles. The van der Waals surface area contributed by atoms with Crippen molar-refractivity contribution in [3.8, 4) is 11.4 Å². The maximum atomic E-state index is 13.8. The van der Waals surface area contributed by atoms with Crippen LogP contribution in [0.5, 0.6) is 0 Å². The SMILES string of the molecule is C=Cc1c(C=C)n(-c2ccccc2)c2cc3c(=O)c4ccccc4n(-c4ccccc4)c3cc2c1=O. The van der Waals surface area contributed by atoms with Crippen molar-refractivity contribution in [3.63, 3.8) is 0 Å². The number of benzene rings is 4. The van der Waals surface area contributed by atoms with E-state index in [4.69, 9.17) is 0 Å². The first kappa shape index (κ1) is 21.6. The highest BCUT2D eigenvalue weighted by Crippen LogP contribution is 2.30. The summed E-state index contributed by atoms with van der Waals surface area (Å²) < 4.78 is 4.02. The average Bonchev–Trinajstić information content (AvgIpc) is 2.93. The zero-order chi connectivity index (χ0) is 24.8. The zero-order valence-corrected chi connectivity index (χ0v) is 19.5. The summed E-state index contributed by atoms with van der Waals surface area (Å²) in [5.41, 5.74) is 4.76. The van der Waals surface area contributed by atoms with E-state index in [2.05, 4.69) is 13.2 Å². The van der Waals surface area contributed by atoms with Gasteiger partial charge in [-0.1, -0.05) is 67.8 Å². The van der Waals surface area contributed by atoms with Gasteiger partial charge in [0, 0.05) is 33.1 Å². The molecule has 172 valence electrons. The maximum absolute atomic E-state index is 13.8. The summed E-state index contributed by atoms with van der Waals surface area (Å²) in [6.07, 6.45) is 3.24. The van der Waals surface area contributed by atoms with E-state index < -0.39 is 0 Å². The van der Waals surface area contributed by atoms with E-state index in [0.717, 1.165) is 16.9 Å². The third kappa shape index (κ3) is 3.08. The molecule has 36 heavy (non-hydrogen) atoms. The van der Waals surface area contributed by atoms with E-state index >= 15 is 0 Å². The van der Waals surface area contributed by atoms with Gasteiger partial charge in [0.05, 0.1) is 22.2 Å². The molecule has 4 nitrogen and oxygen atoms in total. The highest BCUT2D eigenvalue weighted by Gasteiger charge is 2.19. The minimum absolute atomic E-state index is 0.0744. The van der Waals surface area contributed by atoms with E-state index in [1.807, 2.05) is 106 Å². The molecule has 0 aliphatic carbocycles. The molecule has 0 amide bonds. The first-order valence-corrected chi connectivity index (χ1v) is 11.7. The normalized spacial score (nSPS) is 11.2. The van der Waals surface area contributed by atoms with Crippen LogP contribution in [0.25, 0.3) is 56.2 Å². The molecule has 4 heteroatoms. The highest BCUT2D eigenvalue weighted by molar-refractivity contribution is 6.03. The number of para-hydroxylation sites is 3. The molecule has 6 rings (SSSR count). The van der Waals surface area contributed by atoms with Crippen LogP contribution in [-0.2, 0) is 0 Å². The van der Waals surface area contributed by atoms with Gasteiger partial charge in [-0.3, -0.25) is 9.59 Å². The Kier molecular flexibility index (Phi) is 5.01. The van der Waals surface area contributed by atoms with Crippen molar-refractivity contribution in [2.75, 3.05) is 0 Å². The third-order valence-electron chi connectivity index (χ3n) is 6.66. The van der Waals surface area contributed by atoms with Crippen molar-refractivity contribution >= 4 is 44.9 Å². The third-order valence-corrected chi connectivity index (χ3v) is 6.66. The summed E-state index contributed by atoms with van der Waals surface area (Å²) in [5, 5.41) is 1.66. The molecule has 0 aliphatic rings. The number of nitrogens with zero attached hydrogens (tertiary/aromatic N) is 2. The van der Waals surface area contributed by atoms with Gasteiger partial charge in [0.2, 0.25) is 0 Å². The van der Waals surface area contributed by atoms with Crippen LogP contribution in [0.3, 0.4) is 0 Å². The van der Waals surface area contributed by atoms with Gasteiger partial charge in [0.15, 0.2) is 10.9 Å². The number of aromatic nitrogens is 2. The number of hydrogen-bond donors (Lipinski definition) is 0. The Morgan fingerprint density at radius 1 is 0.528 bits per heavy atom. The van der Waals surface area contributed by atoms with Crippen LogP contribution in [0, 0.1) is 0 Å². The Labute approximate surface area is 207 Å². The largest absolute Gasteiger partial charge is 0.309 e. The van der Waals surface area contributed by atoms with Gasteiger partial charge in [0.1, 0.15) is 0 Å². The fraction of sp³-hybridized carbons (Fsp3) is 0. The monoisotopic (exact) mass is 466 g/mol. The van der Waals surface area contributed by atoms with Crippen LogP contribution >= 0.6 is 0 Å². The van der Waals surface area contributed by atoms with Crippen LogP contribution in [0.4, 0.5) is 0 Å². The molecule has 0 bridgehead atoms. The topological polar surface area (TPSA) is 44.0 Å². The molecule has 6 aromatic rings. The lowest BCUT2D eigenvalue weighted by Gasteiger charge is -2.20. The Bertz CT molecular complexity index is 1950. The lowest BCUT2D eigenvalue weighted by molar-refractivity contribution is 1.07. The molecule has 2 heterocycles. The predicted octanol–water partition coefficient (Wildman–Crippen LogP) is 6.73. The quantitative estimate of drug-likeness (QED) is 0.270. The minimum Gasteiger partial charge on any atom is -0.309 e. The van der Waals surface area contributed by atoms with Crippen LogP contribution in [0.2, 0.25) is 0 Å². The number of fused-ring (bicyclic) bond motifs is 3. The molecule has 0 fully saturated rings.